The van der Waals surface area contributed by atoms with E-state index in [0.717, 1.165) is 0 Å². The molecule has 0 aliphatic rings. The van der Waals surface area contributed by atoms with Crippen LogP contribution in [0.4, 0.5) is 16.3 Å². The highest BCUT2D eigenvalue weighted by atomic mass is 19.1. The lowest BCUT2D eigenvalue weighted by molar-refractivity contribution is 0.275. The minimum Gasteiger partial charge on any atom is -0.458 e. The second kappa shape index (κ2) is 6.14. The van der Waals surface area contributed by atoms with Crippen molar-refractivity contribution in [3.8, 4) is 6.01 Å². The van der Waals surface area contributed by atoms with E-state index < -0.39 is 0 Å². The molecule has 1 N–H and O–H groups in total. The van der Waals surface area contributed by atoms with Crippen LogP contribution in [0.1, 0.15) is 5.56 Å². The van der Waals surface area contributed by atoms with Crippen LogP contribution in [0.15, 0.2) is 24.3 Å². The molecule has 0 bridgehead atoms. The van der Waals surface area contributed by atoms with Gasteiger partial charge >= 0.3 is 6.01 Å². The molecule has 7 heteroatoms. The van der Waals surface area contributed by atoms with Gasteiger partial charge in [0.15, 0.2) is 0 Å². The lowest BCUT2D eigenvalue weighted by Crippen LogP contribution is -2.15. The number of hydrogen-bond acceptors (Lipinski definition) is 6. The molecule has 20 heavy (non-hydrogen) atoms. The quantitative estimate of drug-likeness (QED) is 0.897. The number of rotatable bonds is 5. The minimum atomic E-state index is -0.316. The van der Waals surface area contributed by atoms with E-state index in [-0.39, 0.29) is 18.4 Å². The van der Waals surface area contributed by atoms with Crippen LogP contribution in [0.5, 0.6) is 6.01 Å². The first kappa shape index (κ1) is 14.0. The number of nitrogens with zero attached hydrogens (tertiary/aromatic N) is 4. The van der Waals surface area contributed by atoms with Crippen LogP contribution in [0, 0.1) is 5.82 Å². The van der Waals surface area contributed by atoms with E-state index >= 15 is 0 Å². The fraction of sp³-hybridized carbons (Fsp3) is 0.308. The number of nitrogens with one attached hydrogen (secondary N) is 1. The molecule has 0 unspecified atom stereocenters. The third kappa shape index (κ3) is 3.31. The predicted octanol–water partition coefficient (Wildman–Crippen LogP) is 1.70. The molecule has 0 spiro atoms. The van der Waals surface area contributed by atoms with Crippen LogP contribution in [0.3, 0.4) is 0 Å². The highest BCUT2D eigenvalue weighted by Crippen LogP contribution is 2.15. The maximum absolute atomic E-state index is 13.5. The first-order valence-electron chi connectivity index (χ1n) is 6.07. The zero-order chi connectivity index (χ0) is 14.5. The molecule has 0 aliphatic carbocycles. The summed E-state index contributed by atoms with van der Waals surface area (Å²) in [6.45, 7) is 0.0622. The summed E-state index contributed by atoms with van der Waals surface area (Å²) in [4.78, 5) is 14.1. The van der Waals surface area contributed by atoms with Gasteiger partial charge in [0.25, 0.3) is 0 Å². The summed E-state index contributed by atoms with van der Waals surface area (Å²) in [5, 5.41) is 2.83. The Hall–Kier alpha value is -2.44. The molecule has 0 aliphatic heterocycles. The fourth-order valence-corrected chi connectivity index (χ4v) is 1.48. The Morgan fingerprint density at radius 3 is 2.60 bits per heavy atom. The molecule has 2 rings (SSSR count). The van der Waals surface area contributed by atoms with Crippen LogP contribution >= 0.6 is 0 Å². The highest BCUT2D eigenvalue weighted by Gasteiger charge is 2.09. The molecule has 1 heterocycles. The summed E-state index contributed by atoms with van der Waals surface area (Å²) in [5.74, 6) is 0.545. The molecular weight excluding hydrogens is 261 g/mol. The molecule has 0 amide bonds. The summed E-state index contributed by atoms with van der Waals surface area (Å²) < 4.78 is 18.9. The van der Waals surface area contributed by atoms with E-state index in [9.17, 15) is 4.39 Å². The molecule has 2 aromatic rings. The third-order valence-electron chi connectivity index (χ3n) is 2.54. The first-order valence-corrected chi connectivity index (χ1v) is 6.07. The van der Waals surface area contributed by atoms with Gasteiger partial charge in [-0.05, 0) is 6.07 Å². The summed E-state index contributed by atoms with van der Waals surface area (Å²) in [6, 6.07) is 6.57. The van der Waals surface area contributed by atoms with E-state index in [2.05, 4.69) is 20.3 Å². The molecule has 0 saturated heterocycles. The number of hydrogen-bond donors (Lipinski definition) is 1. The maximum Gasteiger partial charge on any atom is 0.323 e. The Kier molecular flexibility index (Phi) is 4.29. The second-order valence-corrected chi connectivity index (χ2v) is 4.27. The van der Waals surface area contributed by atoms with Crippen molar-refractivity contribution in [2.45, 2.75) is 6.61 Å². The summed E-state index contributed by atoms with van der Waals surface area (Å²) in [5.41, 5.74) is 0.449. The monoisotopic (exact) mass is 277 g/mol. The van der Waals surface area contributed by atoms with Gasteiger partial charge in [-0.3, -0.25) is 0 Å². The van der Waals surface area contributed by atoms with Crippen molar-refractivity contribution in [3.63, 3.8) is 0 Å². The Morgan fingerprint density at radius 2 is 1.95 bits per heavy atom. The van der Waals surface area contributed by atoms with Crippen molar-refractivity contribution >= 4 is 11.9 Å². The summed E-state index contributed by atoms with van der Waals surface area (Å²) >= 11 is 0. The van der Waals surface area contributed by atoms with Gasteiger partial charge in [0, 0.05) is 26.7 Å². The standard InChI is InChI=1S/C13H16FN5O/c1-15-11-16-12(19(2)3)18-13(17-11)20-8-9-6-4-5-7-10(9)14/h4-7H,8H2,1-3H3,(H,15,16,17,18). The zero-order valence-electron chi connectivity index (χ0n) is 11.6. The lowest BCUT2D eigenvalue weighted by Gasteiger charge is -2.12. The van der Waals surface area contributed by atoms with Crippen LogP contribution in [0.2, 0.25) is 0 Å². The third-order valence-corrected chi connectivity index (χ3v) is 2.54. The molecule has 6 nitrogen and oxygen atoms in total. The molecule has 0 fully saturated rings. The van der Waals surface area contributed by atoms with E-state index in [4.69, 9.17) is 4.74 Å². The number of halogens is 1. The van der Waals surface area contributed by atoms with Crippen LogP contribution < -0.4 is 15.0 Å². The normalized spacial score (nSPS) is 10.2. The van der Waals surface area contributed by atoms with Gasteiger partial charge in [0.05, 0.1) is 0 Å². The average molecular weight is 277 g/mol. The van der Waals surface area contributed by atoms with Gasteiger partial charge < -0.3 is 15.0 Å². The first-order chi connectivity index (χ1) is 9.60. The van der Waals surface area contributed by atoms with Crippen molar-refractivity contribution in [3.05, 3.63) is 35.6 Å². The molecule has 0 atom stereocenters. The molecule has 0 radical (unpaired) electrons. The minimum absolute atomic E-state index is 0.0622. The molecular formula is C13H16FN5O. The molecule has 1 aromatic carbocycles. The largest absolute Gasteiger partial charge is 0.458 e. The lowest BCUT2D eigenvalue weighted by atomic mass is 10.2. The van der Waals surface area contributed by atoms with Gasteiger partial charge in [0.2, 0.25) is 11.9 Å². The van der Waals surface area contributed by atoms with Gasteiger partial charge in [-0.1, -0.05) is 18.2 Å². The van der Waals surface area contributed by atoms with Crippen LogP contribution in [-0.4, -0.2) is 36.1 Å². The van der Waals surface area contributed by atoms with E-state index in [1.165, 1.54) is 6.07 Å². The Labute approximate surface area is 116 Å². The van der Waals surface area contributed by atoms with Crippen molar-refractivity contribution < 1.29 is 9.13 Å². The predicted molar refractivity (Wildman–Crippen MR) is 74.4 cm³/mol. The van der Waals surface area contributed by atoms with Gasteiger partial charge in [-0.15, -0.1) is 0 Å². The molecule has 0 saturated carbocycles. The summed E-state index contributed by atoms with van der Waals surface area (Å²) in [6.07, 6.45) is 0. The smallest absolute Gasteiger partial charge is 0.323 e. The van der Waals surface area contributed by atoms with Crippen molar-refractivity contribution in [2.24, 2.45) is 0 Å². The van der Waals surface area contributed by atoms with Gasteiger partial charge in [0.1, 0.15) is 12.4 Å². The highest BCUT2D eigenvalue weighted by molar-refractivity contribution is 5.36. The Morgan fingerprint density at radius 1 is 1.20 bits per heavy atom. The number of ether oxygens (including phenoxy) is 1. The van der Waals surface area contributed by atoms with Crippen molar-refractivity contribution in [1.82, 2.24) is 15.0 Å². The maximum atomic E-state index is 13.5. The molecule has 106 valence electrons. The van der Waals surface area contributed by atoms with E-state index in [1.54, 1.807) is 30.1 Å². The van der Waals surface area contributed by atoms with Crippen LogP contribution in [-0.2, 0) is 6.61 Å². The van der Waals surface area contributed by atoms with Gasteiger partial charge in [-0.2, -0.15) is 15.0 Å². The van der Waals surface area contributed by atoms with Crippen molar-refractivity contribution in [2.75, 3.05) is 31.4 Å². The van der Waals surface area contributed by atoms with Crippen LogP contribution in [0.25, 0.3) is 0 Å². The van der Waals surface area contributed by atoms with Gasteiger partial charge in [-0.25, -0.2) is 4.39 Å². The molecule has 1 aromatic heterocycles. The van der Waals surface area contributed by atoms with E-state index in [0.29, 0.717) is 17.5 Å². The summed E-state index contributed by atoms with van der Waals surface area (Å²) in [7, 11) is 5.33. The number of aromatic nitrogens is 3. The second-order valence-electron chi connectivity index (χ2n) is 4.27. The Balaban J connectivity index is 2.17. The Bertz CT molecular complexity index is 591. The van der Waals surface area contributed by atoms with Crippen molar-refractivity contribution in [1.29, 1.82) is 0 Å². The topological polar surface area (TPSA) is 63.2 Å². The fourth-order valence-electron chi connectivity index (χ4n) is 1.48. The zero-order valence-corrected chi connectivity index (χ0v) is 11.6. The average Bonchev–Trinajstić information content (AvgIpc) is 2.46. The van der Waals surface area contributed by atoms with E-state index in [1.807, 2.05) is 14.1 Å². The number of benzene rings is 1. The number of anilines is 2. The SMILES string of the molecule is CNc1nc(OCc2ccccc2F)nc(N(C)C)n1.